The number of aliphatic hydroxyl groups excluding tert-OH is 1. The molecule has 1 heterocycles. The number of aromatic hydroxyl groups is 1. The number of ketones is 5. The van der Waals surface area contributed by atoms with Crippen LogP contribution in [0.25, 0.3) is 0 Å². The quantitative estimate of drug-likeness (QED) is 0.0106. The number of carboxylic acids is 1. The van der Waals surface area contributed by atoms with Gasteiger partial charge in [0.05, 0.1) is 36.8 Å². The molecule has 8 amide bonds. The molecule has 0 fully saturated rings. The van der Waals surface area contributed by atoms with Crippen LogP contribution >= 0.6 is 0 Å². The standard InChI is InChI=1S/C72H99F2N15O17Se/c1-39(2)23-52(87-71(106)46(36-90)30-61(96)55(33-62(77)97)86-67(102)40(3)24-57(92)56(84-63(98)34-76)37-107-65-49(73)14-9-15-50(65)74)58(93)27-43(13-10-22-82-72(79)80)68(103)88-53(26-41-11-5-4-6-12-41)59(94)28-44(25-42-17-19-48(91)20-18-42)69(104)89-54(32-47-35-81-38-83-47)60(95)29-45(31-64(99)100)70(105)85-51(66(78)101)16-7-8-21-75/h4-6,9,11-12,14-15,17-20,35,38-40,43-46,51-56,90-91H,7-8,10,13,16,21-34,36-37,75-76H2,1-3H3,(H2,77,97)(H2,78,101)(H,81,83)(H,84,98)(H,85,105)(H,86,102)(H,87,106)(H,88,103)(H,89,104)(H,99,100)(H4,79,80,82)/t40-,43-,44-,45+,46+,51+,52+,53+,54+,55+,56+/m1/s1. The number of carbonyl (C=O) groups excluding carboxylic acids is 13. The Morgan fingerprint density at radius 1 is 0.542 bits per heavy atom. The first-order chi connectivity index (χ1) is 50.7. The normalized spacial score (nSPS) is 14.3. The minimum absolute atomic E-state index is 0.0341. The van der Waals surface area contributed by atoms with Crippen molar-refractivity contribution in [2.24, 2.45) is 74.9 Å². The van der Waals surface area contributed by atoms with Crippen LogP contribution in [-0.2, 0) is 86.4 Å². The van der Waals surface area contributed by atoms with E-state index in [1.54, 1.807) is 44.2 Å². The molecule has 0 unspecified atom stereocenters. The van der Waals surface area contributed by atoms with E-state index in [1.807, 2.05) is 0 Å². The van der Waals surface area contributed by atoms with Gasteiger partial charge in [-0.25, -0.2) is 4.98 Å². The number of primary amides is 2. The van der Waals surface area contributed by atoms with Gasteiger partial charge in [0.1, 0.15) is 11.8 Å². The number of nitrogens with two attached hydrogens (primary N) is 6. The number of aliphatic imine (C=N–C) groups is 1. The number of rotatable bonds is 52. The number of phenols is 1. The third-order valence-electron chi connectivity index (χ3n) is 17.3. The monoisotopic (exact) mass is 1560 g/mol. The van der Waals surface area contributed by atoms with E-state index >= 15 is 4.79 Å². The number of phenolic OH excluding ortho intramolecular Hbond substituents is 1. The molecule has 32 nitrogen and oxygen atoms in total. The Bertz CT molecular complexity index is 3700. The number of nitrogens with zero attached hydrogens (tertiary/aromatic N) is 2. The number of aromatic nitrogens is 2. The number of Topliss-reactive ketones (excluding diaryl/α,β-unsaturated/α-hetero) is 5. The zero-order valence-electron chi connectivity index (χ0n) is 59.9. The molecule has 107 heavy (non-hydrogen) atoms. The van der Waals surface area contributed by atoms with Crippen molar-refractivity contribution in [2.45, 2.75) is 165 Å². The van der Waals surface area contributed by atoms with Gasteiger partial charge in [-0.2, -0.15) is 0 Å². The molecule has 0 saturated heterocycles. The zero-order chi connectivity index (χ0) is 79.4. The van der Waals surface area contributed by atoms with Gasteiger partial charge in [0.15, 0.2) is 23.3 Å². The van der Waals surface area contributed by atoms with Crippen LogP contribution in [0.3, 0.4) is 0 Å². The first-order valence-electron chi connectivity index (χ1n) is 34.9. The number of hydrogen-bond acceptors (Lipinski definition) is 20. The van der Waals surface area contributed by atoms with Gasteiger partial charge in [0.2, 0.25) is 23.6 Å². The molecule has 0 bridgehead atoms. The van der Waals surface area contributed by atoms with Crippen LogP contribution in [0.4, 0.5) is 8.78 Å². The number of carbonyl (C=O) groups is 14. The number of aliphatic carboxylic acids is 1. The van der Waals surface area contributed by atoms with Gasteiger partial charge in [-0.05, 0) is 87.1 Å². The van der Waals surface area contributed by atoms with E-state index in [0.29, 0.717) is 29.7 Å². The van der Waals surface area contributed by atoms with Crippen LogP contribution in [0, 0.1) is 47.1 Å². The number of H-pyrrole nitrogens is 1. The van der Waals surface area contributed by atoms with Gasteiger partial charge in [0.25, 0.3) is 0 Å². The van der Waals surface area contributed by atoms with E-state index in [0.717, 1.165) is 18.2 Å². The van der Waals surface area contributed by atoms with Crippen molar-refractivity contribution < 1.29 is 91.2 Å². The number of amides is 8. The maximum Gasteiger partial charge on any atom is 0.304 e. The van der Waals surface area contributed by atoms with Gasteiger partial charge in [0, 0.05) is 56.0 Å². The maximum absolute atomic E-state index is 15.2. The Morgan fingerprint density at radius 3 is 1.64 bits per heavy atom. The number of aromatic amines is 1. The summed E-state index contributed by atoms with van der Waals surface area (Å²) in [5.74, 6) is -22.6. The third kappa shape index (κ3) is 32.2. The zero-order valence-corrected chi connectivity index (χ0v) is 61.7. The largest absolute Gasteiger partial charge is 0.508 e. The summed E-state index contributed by atoms with van der Waals surface area (Å²) < 4.78 is 28.7. The van der Waals surface area contributed by atoms with Crippen LogP contribution in [0.5, 0.6) is 5.75 Å². The van der Waals surface area contributed by atoms with Crippen molar-refractivity contribution in [3.8, 4) is 5.75 Å². The topological polar surface area (TPSA) is 569 Å². The summed E-state index contributed by atoms with van der Waals surface area (Å²) in [4.78, 5) is 204. The summed E-state index contributed by atoms with van der Waals surface area (Å²) in [7, 11) is 0. The molecular weight excluding hydrogens is 1460 g/mol. The number of carboxylic acid groups (broad SMARTS) is 1. The molecular formula is C72H99F2N15O17Se. The van der Waals surface area contributed by atoms with Gasteiger partial charge >= 0.3 is 214 Å². The van der Waals surface area contributed by atoms with E-state index in [-0.39, 0.29) is 85.4 Å². The molecule has 0 saturated carbocycles. The molecule has 4 aromatic rings. The molecule has 0 aliphatic rings. The molecule has 1 aromatic heterocycles. The molecule has 584 valence electrons. The van der Waals surface area contributed by atoms with Gasteiger partial charge in [-0.15, -0.1) is 0 Å². The fourth-order valence-electron chi connectivity index (χ4n) is 11.5. The fourth-order valence-corrected chi connectivity index (χ4v) is 13.6. The molecule has 0 radical (unpaired) electrons. The van der Waals surface area contributed by atoms with Gasteiger partial charge in [-0.3, -0.25) is 48.1 Å². The SMILES string of the molecule is CC(C)C[C@H](NC(=O)[C@H](CO)CC(=O)[C@H](CC(N)=O)NC(=O)[C@H](C)CC(=O)[C@H](C[Se]c1c(F)cccc1F)NC(=O)CN)C(=O)C[C@@H](CCCN=C(N)N)C(=O)N[C@@H](Cc1ccccc1)C(=O)C[C@@H](Cc1ccc(O)cc1)C(=O)N[C@@H](Cc1cnc[nH]1)C(=O)C[C@@H](CC(=O)O)C(=O)N[C@@H](CCCCN)C(N)=O. The van der Waals surface area contributed by atoms with Gasteiger partial charge < -0.3 is 64.5 Å². The Balaban J connectivity index is 1.64. The van der Waals surface area contributed by atoms with Crippen molar-refractivity contribution in [3.05, 3.63) is 114 Å². The molecule has 0 aliphatic heterocycles. The predicted molar refractivity (Wildman–Crippen MR) is 387 cm³/mol. The van der Waals surface area contributed by atoms with Crippen LogP contribution in [0.1, 0.15) is 121 Å². The van der Waals surface area contributed by atoms with Crippen LogP contribution < -0.4 is 70.8 Å². The van der Waals surface area contributed by atoms with Crippen LogP contribution in [0.15, 0.2) is 90.3 Å². The van der Waals surface area contributed by atoms with Crippen molar-refractivity contribution in [1.82, 2.24) is 41.9 Å². The number of nitrogens with one attached hydrogen (secondary N) is 7. The maximum atomic E-state index is 15.2. The van der Waals surface area contributed by atoms with Crippen LogP contribution in [0.2, 0.25) is 5.32 Å². The van der Waals surface area contributed by atoms with E-state index in [9.17, 15) is 86.4 Å². The number of imidazole rings is 1. The Kier molecular flexibility index (Phi) is 38.3. The summed E-state index contributed by atoms with van der Waals surface area (Å²) in [5.41, 5.74) is 34.6. The smallest absolute Gasteiger partial charge is 0.304 e. The number of guanidine groups is 1. The third-order valence-corrected chi connectivity index (χ3v) is 19.8. The Morgan fingerprint density at radius 2 is 1.07 bits per heavy atom. The molecule has 3 aromatic carbocycles. The minimum atomic E-state index is -1.73. The van der Waals surface area contributed by atoms with Crippen molar-refractivity contribution in [2.75, 3.05) is 26.2 Å². The predicted octanol–water partition coefficient (Wildman–Crippen LogP) is -1.31. The first-order valence-corrected chi connectivity index (χ1v) is 37.0. The summed E-state index contributed by atoms with van der Waals surface area (Å²) in [6.07, 6.45) is -2.29. The number of hydrogen-bond donors (Lipinski definition) is 16. The van der Waals surface area contributed by atoms with Crippen molar-refractivity contribution >= 4 is 108 Å². The average molecular weight is 1560 g/mol. The second-order valence-corrected chi connectivity index (χ2v) is 28.8. The summed E-state index contributed by atoms with van der Waals surface area (Å²) >= 11 is -1.04. The number of unbranched alkanes of at least 4 members (excludes halogenated alkanes) is 1. The summed E-state index contributed by atoms with van der Waals surface area (Å²) in [6, 6.07) is 8.61. The number of aliphatic hydroxyl groups is 1. The second-order valence-electron chi connectivity index (χ2n) is 26.6. The summed E-state index contributed by atoms with van der Waals surface area (Å²) in [5, 5.41) is 45.8. The van der Waals surface area contributed by atoms with E-state index in [2.05, 4.69) is 46.9 Å². The van der Waals surface area contributed by atoms with Crippen molar-refractivity contribution in [1.29, 1.82) is 0 Å². The molecule has 35 heteroatoms. The summed E-state index contributed by atoms with van der Waals surface area (Å²) in [6.45, 7) is 3.40. The number of halogens is 2. The molecule has 4 rings (SSSR count). The number of benzene rings is 3. The van der Waals surface area contributed by atoms with Crippen LogP contribution in [-0.4, -0.2) is 191 Å². The van der Waals surface area contributed by atoms with E-state index in [4.69, 9.17) is 34.4 Å². The minimum Gasteiger partial charge on any atom is -0.508 e. The molecule has 11 atom stereocenters. The Labute approximate surface area is 623 Å². The second kappa shape index (κ2) is 46.0. The molecule has 0 aliphatic carbocycles. The molecule has 0 spiro atoms. The average Bonchev–Trinajstić information content (AvgIpc) is 1.19. The first kappa shape index (κ1) is 89.2. The van der Waals surface area contributed by atoms with E-state index < -0.39 is 233 Å². The van der Waals surface area contributed by atoms with E-state index in [1.165, 1.54) is 43.7 Å². The molecule has 22 N–H and O–H groups in total. The Hall–Kier alpha value is -10.2. The fraction of sp³-hybridized carbons (Fsp3) is 0.500. The van der Waals surface area contributed by atoms with Crippen molar-refractivity contribution in [3.63, 3.8) is 0 Å². The van der Waals surface area contributed by atoms with Gasteiger partial charge in [-0.1, -0.05) is 56.3 Å².